The van der Waals surface area contributed by atoms with Crippen molar-refractivity contribution in [3.63, 3.8) is 0 Å². The van der Waals surface area contributed by atoms with Crippen molar-refractivity contribution in [2.24, 2.45) is 5.73 Å². The molecule has 8 N–H and O–H groups in total. The predicted octanol–water partition coefficient (Wildman–Crippen LogP) is 2.45. The lowest BCUT2D eigenvalue weighted by Gasteiger charge is -2.46. The average Bonchev–Trinajstić information content (AvgIpc) is 3.05. The maximum Gasteiger partial charge on any atom is 0.336 e. The van der Waals surface area contributed by atoms with E-state index in [0.29, 0.717) is 24.0 Å². The number of nitrogens with two attached hydrogens (primary N) is 1. The van der Waals surface area contributed by atoms with E-state index in [4.69, 9.17) is 19.9 Å². The SMILES string of the molecule is NCCOc1ccc(/C=C/C(=O)CO[C@@]2(C(=O)O)C[C@@H](O)[C@@H](O)[C@H](OC3(C(=O)/C=C/c4ccc(O)c(O)c4)CCCCC3)C2)cc1O. The van der Waals surface area contributed by atoms with Crippen LogP contribution < -0.4 is 10.5 Å². The van der Waals surface area contributed by atoms with E-state index in [9.17, 15) is 45.0 Å². The number of hydrogen-bond acceptors (Lipinski definition) is 12. The minimum Gasteiger partial charge on any atom is -0.504 e. The van der Waals surface area contributed by atoms with E-state index >= 15 is 0 Å². The maximum absolute atomic E-state index is 13.6. The molecular weight excluding hydrogens is 614 g/mol. The molecule has 0 unspecified atom stereocenters. The van der Waals surface area contributed by atoms with E-state index in [2.05, 4.69) is 0 Å². The summed E-state index contributed by atoms with van der Waals surface area (Å²) in [4.78, 5) is 38.9. The lowest BCUT2D eigenvalue weighted by molar-refractivity contribution is -0.227. The fraction of sp³-hybridized carbons (Fsp3) is 0.441. The van der Waals surface area contributed by atoms with E-state index in [-0.39, 0.29) is 49.0 Å². The Morgan fingerprint density at radius 3 is 2.15 bits per heavy atom. The number of phenolic OH excluding ortho intramolecular Hbond substituents is 3. The summed E-state index contributed by atoms with van der Waals surface area (Å²) in [6.07, 6.45) is 2.55. The molecule has 2 saturated carbocycles. The molecule has 0 bridgehead atoms. The number of aliphatic hydroxyl groups is 2. The molecule has 0 amide bonds. The van der Waals surface area contributed by atoms with E-state index < -0.39 is 66.5 Å². The molecule has 2 aliphatic rings. The number of ketones is 2. The fourth-order valence-corrected chi connectivity index (χ4v) is 5.88. The zero-order valence-corrected chi connectivity index (χ0v) is 25.8. The minimum atomic E-state index is -2.11. The number of carboxylic acid groups (broad SMARTS) is 1. The number of aliphatic hydroxyl groups excluding tert-OH is 2. The van der Waals surface area contributed by atoms with Crippen LogP contribution in [0.3, 0.4) is 0 Å². The summed E-state index contributed by atoms with van der Waals surface area (Å²) in [6, 6.07) is 8.55. The number of rotatable bonds is 14. The zero-order valence-electron chi connectivity index (χ0n) is 25.8. The molecule has 4 rings (SSSR count). The van der Waals surface area contributed by atoms with Crippen molar-refractivity contribution in [2.75, 3.05) is 19.8 Å². The van der Waals surface area contributed by atoms with E-state index in [0.717, 1.165) is 12.5 Å². The Morgan fingerprint density at radius 2 is 1.51 bits per heavy atom. The molecule has 0 aromatic heterocycles. The Kier molecular flexibility index (Phi) is 11.8. The van der Waals surface area contributed by atoms with Crippen LogP contribution >= 0.6 is 0 Å². The first-order valence-electron chi connectivity index (χ1n) is 15.4. The Morgan fingerprint density at radius 1 is 0.851 bits per heavy atom. The lowest BCUT2D eigenvalue weighted by atomic mass is 9.77. The van der Waals surface area contributed by atoms with Gasteiger partial charge in [-0.2, -0.15) is 0 Å². The van der Waals surface area contributed by atoms with Gasteiger partial charge in [0.05, 0.1) is 12.2 Å². The number of benzene rings is 2. The summed E-state index contributed by atoms with van der Waals surface area (Å²) in [5.41, 5.74) is 2.78. The molecule has 0 heterocycles. The lowest BCUT2D eigenvalue weighted by Crippen LogP contribution is -2.60. The number of ether oxygens (including phenoxy) is 3. The largest absolute Gasteiger partial charge is 0.504 e. The summed E-state index contributed by atoms with van der Waals surface area (Å²) < 4.78 is 17.2. The second-order valence-corrected chi connectivity index (χ2v) is 11.9. The van der Waals surface area contributed by atoms with Gasteiger partial charge in [-0.25, -0.2) is 4.79 Å². The molecule has 0 spiro atoms. The molecule has 0 radical (unpaired) electrons. The summed E-state index contributed by atoms with van der Waals surface area (Å²) in [6.45, 7) is -0.196. The molecule has 2 aliphatic carbocycles. The zero-order chi connectivity index (χ0) is 34.2. The molecule has 0 saturated heterocycles. The average molecular weight is 656 g/mol. The second-order valence-electron chi connectivity index (χ2n) is 11.9. The molecule has 254 valence electrons. The van der Waals surface area contributed by atoms with Crippen LogP contribution in [0.4, 0.5) is 0 Å². The summed E-state index contributed by atoms with van der Waals surface area (Å²) in [5.74, 6) is -3.11. The number of aliphatic carboxylic acids is 1. The van der Waals surface area contributed by atoms with Crippen LogP contribution in [0.1, 0.15) is 56.1 Å². The van der Waals surface area contributed by atoms with Gasteiger partial charge in [-0.3, -0.25) is 9.59 Å². The Labute approximate surface area is 271 Å². The monoisotopic (exact) mass is 655 g/mol. The first-order chi connectivity index (χ1) is 22.4. The van der Waals surface area contributed by atoms with Crippen molar-refractivity contribution in [2.45, 2.75) is 74.5 Å². The third kappa shape index (κ3) is 8.76. The van der Waals surface area contributed by atoms with E-state index in [1.54, 1.807) is 6.07 Å². The number of phenols is 3. The number of carboxylic acids is 1. The molecular formula is C34H41NO12. The molecule has 4 atom stereocenters. The van der Waals surface area contributed by atoms with Crippen LogP contribution in [0.25, 0.3) is 12.2 Å². The molecule has 13 nitrogen and oxygen atoms in total. The summed E-state index contributed by atoms with van der Waals surface area (Å²) in [5, 5.41) is 61.3. The molecule has 2 aromatic carbocycles. The maximum atomic E-state index is 13.6. The number of aromatic hydroxyl groups is 3. The highest BCUT2D eigenvalue weighted by atomic mass is 16.6. The van der Waals surface area contributed by atoms with Crippen LogP contribution in [-0.2, 0) is 23.9 Å². The third-order valence-corrected chi connectivity index (χ3v) is 8.46. The van der Waals surface area contributed by atoms with Crippen LogP contribution in [0.5, 0.6) is 23.0 Å². The highest BCUT2D eigenvalue weighted by molar-refractivity contribution is 6.00. The van der Waals surface area contributed by atoms with Crippen molar-refractivity contribution in [3.05, 3.63) is 59.7 Å². The minimum absolute atomic E-state index is 0.153. The summed E-state index contributed by atoms with van der Waals surface area (Å²) >= 11 is 0. The van der Waals surface area contributed by atoms with Crippen molar-refractivity contribution in [3.8, 4) is 23.0 Å². The quantitative estimate of drug-likeness (QED) is 0.115. The van der Waals surface area contributed by atoms with Gasteiger partial charge in [-0.15, -0.1) is 0 Å². The molecule has 47 heavy (non-hydrogen) atoms. The van der Waals surface area contributed by atoms with Gasteiger partial charge in [0.15, 0.2) is 40.2 Å². The van der Waals surface area contributed by atoms with Crippen LogP contribution in [-0.4, -0.2) is 97.4 Å². The highest BCUT2D eigenvalue weighted by Gasteiger charge is 2.54. The van der Waals surface area contributed by atoms with Crippen LogP contribution in [0, 0.1) is 0 Å². The number of hydrogen-bond donors (Lipinski definition) is 7. The first-order valence-corrected chi connectivity index (χ1v) is 15.4. The first kappa shape index (κ1) is 35.6. The van der Waals surface area contributed by atoms with Crippen molar-refractivity contribution in [1.82, 2.24) is 0 Å². The second kappa shape index (κ2) is 15.5. The van der Waals surface area contributed by atoms with Gasteiger partial charge in [0, 0.05) is 19.4 Å². The van der Waals surface area contributed by atoms with Crippen molar-refractivity contribution >= 4 is 29.7 Å². The van der Waals surface area contributed by atoms with Crippen molar-refractivity contribution < 1.29 is 59.2 Å². The predicted molar refractivity (Wildman–Crippen MR) is 169 cm³/mol. The van der Waals surface area contributed by atoms with Gasteiger partial charge in [-0.05, 0) is 60.4 Å². The Bertz CT molecular complexity index is 1500. The van der Waals surface area contributed by atoms with Gasteiger partial charge in [-0.1, -0.05) is 43.5 Å². The van der Waals surface area contributed by atoms with E-state index in [1.807, 2.05) is 0 Å². The van der Waals surface area contributed by atoms with Gasteiger partial charge in [0.2, 0.25) is 0 Å². The van der Waals surface area contributed by atoms with Gasteiger partial charge < -0.3 is 50.6 Å². The van der Waals surface area contributed by atoms with Crippen LogP contribution in [0.2, 0.25) is 0 Å². The Balaban J connectivity index is 1.48. The molecule has 2 aromatic rings. The van der Waals surface area contributed by atoms with E-state index in [1.165, 1.54) is 48.6 Å². The third-order valence-electron chi connectivity index (χ3n) is 8.46. The fourth-order valence-electron chi connectivity index (χ4n) is 5.88. The molecule has 2 fully saturated rings. The number of carbonyl (C=O) groups is 3. The topological polar surface area (TPSA) is 226 Å². The molecule has 13 heteroatoms. The van der Waals surface area contributed by atoms with Gasteiger partial charge in [0.1, 0.15) is 24.9 Å². The standard InChI is InChI=1S/C34H41NO12/c35-14-15-45-28-10-6-21(17-26(28)39)4-8-23(36)20-46-34(32(43)44)18-27(40)31(42)29(19-34)47-33(12-2-1-3-13-33)30(41)11-7-22-5-9-24(37)25(38)16-22/h4-11,16-17,27,29,31,37-40,42H,1-3,12-15,18-20,35H2,(H,43,44)/b8-4+,11-7+/t27-,29-,31-,34+/m1/s1. The highest BCUT2D eigenvalue weighted by Crippen LogP contribution is 2.41. The smallest absolute Gasteiger partial charge is 0.336 e. The summed E-state index contributed by atoms with van der Waals surface area (Å²) in [7, 11) is 0. The van der Waals surface area contributed by atoms with Gasteiger partial charge in [0.25, 0.3) is 0 Å². The van der Waals surface area contributed by atoms with Gasteiger partial charge >= 0.3 is 5.97 Å². The Hall–Kier alpha value is -4.27. The van der Waals surface area contributed by atoms with Crippen LogP contribution in [0.15, 0.2) is 48.6 Å². The van der Waals surface area contributed by atoms with Crippen molar-refractivity contribution in [1.29, 1.82) is 0 Å². The normalized spacial score (nSPS) is 24.4. The number of carbonyl (C=O) groups excluding carboxylic acids is 2. The molecule has 0 aliphatic heterocycles.